The Kier molecular flexibility index (Phi) is 7.00. The van der Waals surface area contributed by atoms with Gasteiger partial charge in [-0.3, -0.25) is 9.79 Å². The van der Waals surface area contributed by atoms with Crippen molar-refractivity contribution < 1.29 is 4.79 Å². The lowest BCUT2D eigenvalue weighted by atomic mass is 9.64. The normalized spacial score (nSPS) is 19.1. The number of halogens is 1. The molecule has 148 valence electrons. The maximum absolute atomic E-state index is 11.7. The third-order valence-corrected chi connectivity index (χ3v) is 5.97. The zero-order valence-electron chi connectivity index (χ0n) is 16.3. The molecule has 2 fully saturated rings. The fourth-order valence-corrected chi connectivity index (χ4v) is 4.06. The van der Waals surface area contributed by atoms with Crippen molar-refractivity contribution in [3.63, 3.8) is 0 Å². The molecular weight excluding hydrogens is 360 g/mol. The fraction of sp³-hybridized carbons (Fsp3) is 0.619. The maximum atomic E-state index is 11.7. The van der Waals surface area contributed by atoms with E-state index in [2.05, 4.69) is 29.7 Å². The van der Waals surface area contributed by atoms with Crippen LogP contribution in [0.5, 0.6) is 0 Å². The second kappa shape index (κ2) is 9.45. The summed E-state index contributed by atoms with van der Waals surface area (Å²) < 4.78 is 0. The summed E-state index contributed by atoms with van der Waals surface area (Å²) in [5.74, 6) is 1.16. The summed E-state index contributed by atoms with van der Waals surface area (Å²) >= 11 is 6.05. The summed E-state index contributed by atoms with van der Waals surface area (Å²) in [5.41, 5.74) is 1.49. The molecule has 1 aliphatic heterocycles. The minimum atomic E-state index is 0.148. The Hall–Kier alpha value is -1.75. The molecule has 0 atom stereocenters. The second-order valence-corrected chi connectivity index (χ2v) is 8.04. The quantitative estimate of drug-likeness (QED) is 0.406. The number of nitrogens with one attached hydrogen (secondary N) is 2. The highest BCUT2D eigenvalue weighted by Crippen LogP contribution is 2.44. The molecule has 1 saturated heterocycles. The number of carbonyl (C=O) groups excluding carboxylic acids is 1. The minimum Gasteiger partial charge on any atom is -0.357 e. The van der Waals surface area contributed by atoms with Crippen LogP contribution < -0.4 is 10.6 Å². The van der Waals surface area contributed by atoms with Crippen LogP contribution in [-0.2, 0) is 10.2 Å². The number of benzene rings is 1. The summed E-state index contributed by atoms with van der Waals surface area (Å²) in [6.07, 6.45) is 6.27. The monoisotopic (exact) mass is 390 g/mol. The number of rotatable bonds is 8. The highest BCUT2D eigenvalue weighted by molar-refractivity contribution is 6.30. The molecule has 1 aliphatic carbocycles. The Morgan fingerprint density at radius 2 is 2.00 bits per heavy atom. The molecular formula is C21H31ClN4O. The van der Waals surface area contributed by atoms with Crippen molar-refractivity contribution in [3.05, 3.63) is 34.9 Å². The van der Waals surface area contributed by atoms with Crippen molar-refractivity contribution in [1.29, 1.82) is 0 Å². The predicted molar refractivity (Wildman–Crippen MR) is 111 cm³/mol. The fourth-order valence-electron chi connectivity index (χ4n) is 3.93. The molecule has 1 saturated carbocycles. The SMILES string of the molecule is CCNC(=NCC1(c2ccc(Cl)cc2)CCC1)NCCCN1CCCC1=O. The van der Waals surface area contributed by atoms with Gasteiger partial charge in [0.05, 0.1) is 6.54 Å². The van der Waals surface area contributed by atoms with Gasteiger partial charge in [0.25, 0.3) is 0 Å². The van der Waals surface area contributed by atoms with E-state index in [1.807, 2.05) is 17.0 Å². The van der Waals surface area contributed by atoms with Crippen molar-refractivity contribution in [1.82, 2.24) is 15.5 Å². The van der Waals surface area contributed by atoms with E-state index in [1.165, 1.54) is 24.8 Å². The number of amides is 1. The molecule has 2 aliphatic rings. The molecule has 3 rings (SSSR count). The Balaban J connectivity index is 1.52. The summed E-state index contributed by atoms with van der Waals surface area (Å²) in [4.78, 5) is 18.5. The molecule has 1 aromatic rings. The third kappa shape index (κ3) is 5.16. The van der Waals surface area contributed by atoms with Crippen molar-refractivity contribution in [2.45, 2.75) is 50.9 Å². The van der Waals surface area contributed by atoms with Gasteiger partial charge < -0.3 is 15.5 Å². The largest absolute Gasteiger partial charge is 0.357 e. The molecule has 27 heavy (non-hydrogen) atoms. The Morgan fingerprint density at radius 1 is 1.22 bits per heavy atom. The molecule has 1 aromatic carbocycles. The van der Waals surface area contributed by atoms with Crippen LogP contribution in [0.2, 0.25) is 5.02 Å². The first kappa shape index (κ1) is 20.0. The van der Waals surface area contributed by atoms with Gasteiger partial charge in [0.1, 0.15) is 0 Å². The molecule has 1 amide bonds. The highest BCUT2D eigenvalue weighted by atomic mass is 35.5. The van der Waals surface area contributed by atoms with Crippen molar-refractivity contribution in [3.8, 4) is 0 Å². The molecule has 0 aromatic heterocycles. The van der Waals surface area contributed by atoms with Crippen LogP contribution in [0.3, 0.4) is 0 Å². The van der Waals surface area contributed by atoms with Crippen LogP contribution in [0.4, 0.5) is 0 Å². The van der Waals surface area contributed by atoms with E-state index in [4.69, 9.17) is 16.6 Å². The number of guanidine groups is 1. The van der Waals surface area contributed by atoms with Crippen LogP contribution >= 0.6 is 11.6 Å². The van der Waals surface area contributed by atoms with E-state index >= 15 is 0 Å². The van der Waals surface area contributed by atoms with E-state index in [0.717, 1.165) is 56.5 Å². The van der Waals surface area contributed by atoms with Crippen LogP contribution in [0.1, 0.15) is 51.0 Å². The van der Waals surface area contributed by atoms with Crippen LogP contribution in [0.15, 0.2) is 29.3 Å². The average molecular weight is 391 g/mol. The van der Waals surface area contributed by atoms with Gasteiger partial charge in [-0.25, -0.2) is 0 Å². The topological polar surface area (TPSA) is 56.7 Å². The van der Waals surface area contributed by atoms with Gasteiger partial charge in [-0.05, 0) is 50.3 Å². The van der Waals surface area contributed by atoms with E-state index < -0.39 is 0 Å². The maximum Gasteiger partial charge on any atom is 0.222 e. The summed E-state index contributed by atoms with van der Waals surface area (Å²) in [5, 5.41) is 7.54. The molecule has 0 unspecified atom stereocenters. The number of likely N-dealkylation sites (tertiary alicyclic amines) is 1. The lowest BCUT2D eigenvalue weighted by molar-refractivity contribution is -0.127. The molecule has 0 bridgehead atoms. The van der Waals surface area contributed by atoms with Gasteiger partial charge in [-0.1, -0.05) is 30.2 Å². The van der Waals surface area contributed by atoms with Crippen molar-refractivity contribution in [2.24, 2.45) is 4.99 Å². The number of carbonyl (C=O) groups is 1. The predicted octanol–water partition coefficient (Wildman–Crippen LogP) is 3.33. The van der Waals surface area contributed by atoms with E-state index in [1.54, 1.807) is 0 Å². The van der Waals surface area contributed by atoms with Crippen LogP contribution in [0, 0.1) is 0 Å². The molecule has 5 nitrogen and oxygen atoms in total. The molecule has 0 radical (unpaired) electrons. The highest BCUT2D eigenvalue weighted by Gasteiger charge is 2.38. The Labute approximate surface area is 167 Å². The zero-order valence-corrected chi connectivity index (χ0v) is 17.0. The zero-order chi connectivity index (χ0) is 19.1. The van der Waals surface area contributed by atoms with E-state index in [9.17, 15) is 4.79 Å². The van der Waals surface area contributed by atoms with Gasteiger partial charge in [0, 0.05) is 43.0 Å². The lowest BCUT2D eigenvalue weighted by Gasteiger charge is -2.41. The second-order valence-electron chi connectivity index (χ2n) is 7.60. The van der Waals surface area contributed by atoms with Crippen LogP contribution in [0.25, 0.3) is 0 Å². The number of hydrogen-bond donors (Lipinski definition) is 2. The molecule has 2 N–H and O–H groups in total. The van der Waals surface area contributed by atoms with Gasteiger partial charge in [-0.15, -0.1) is 0 Å². The first-order chi connectivity index (χ1) is 13.1. The Morgan fingerprint density at radius 3 is 2.59 bits per heavy atom. The first-order valence-electron chi connectivity index (χ1n) is 10.2. The Bertz CT molecular complexity index is 655. The minimum absolute atomic E-state index is 0.148. The van der Waals surface area contributed by atoms with Gasteiger partial charge in [-0.2, -0.15) is 0 Å². The summed E-state index contributed by atoms with van der Waals surface area (Å²) in [6, 6.07) is 8.24. The molecule has 0 spiro atoms. The smallest absolute Gasteiger partial charge is 0.222 e. The van der Waals surface area contributed by atoms with Crippen LogP contribution in [-0.4, -0.2) is 49.5 Å². The number of hydrogen-bond acceptors (Lipinski definition) is 2. The van der Waals surface area contributed by atoms with E-state index in [0.29, 0.717) is 12.3 Å². The van der Waals surface area contributed by atoms with Crippen molar-refractivity contribution >= 4 is 23.5 Å². The summed E-state index contributed by atoms with van der Waals surface area (Å²) in [7, 11) is 0. The average Bonchev–Trinajstić information content (AvgIpc) is 3.04. The number of nitrogens with zero attached hydrogens (tertiary/aromatic N) is 2. The first-order valence-corrected chi connectivity index (χ1v) is 10.6. The lowest BCUT2D eigenvalue weighted by Crippen LogP contribution is -2.42. The third-order valence-electron chi connectivity index (χ3n) is 5.72. The molecule has 6 heteroatoms. The van der Waals surface area contributed by atoms with Crippen molar-refractivity contribution in [2.75, 3.05) is 32.7 Å². The molecule has 1 heterocycles. The van der Waals surface area contributed by atoms with Gasteiger partial charge in [0.2, 0.25) is 5.91 Å². The van der Waals surface area contributed by atoms with E-state index in [-0.39, 0.29) is 5.41 Å². The summed E-state index contributed by atoms with van der Waals surface area (Å²) in [6.45, 7) is 6.28. The van der Waals surface area contributed by atoms with Gasteiger partial charge >= 0.3 is 0 Å². The van der Waals surface area contributed by atoms with Gasteiger partial charge in [0.15, 0.2) is 5.96 Å². The standard InChI is InChI=1S/C21H31ClN4O/c1-2-23-20(24-13-5-15-26-14-3-6-19(26)27)25-16-21(11-4-12-21)17-7-9-18(22)10-8-17/h7-10H,2-6,11-16H2,1H3,(H2,23,24,25). The number of aliphatic imine (C=N–C) groups is 1.